The monoisotopic (exact) mass is 560 g/mol. The maximum absolute atomic E-state index is 13.4. The molecule has 0 bridgehead atoms. The number of methoxy groups -OCH3 is 1. The highest BCUT2D eigenvalue weighted by molar-refractivity contribution is 7.13. The zero-order chi connectivity index (χ0) is 28.2. The Hall–Kier alpha value is -4.25. The first-order chi connectivity index (χ1) is 19.4. The Bertz CT molecular complexity index is 1550. The molecule has 208 valence electrons. The lowest BCUT2D eigenvalue weighted by atomic mass is 10.1. The Kier molecular flexibility index (Phi) is 8.11. The molecule has 4 heterocycles. The van der Waals surface area contributed by atoms with Crippen LogP contribution in [0.4, 0.5) is 5.13 Å². The van der Waals surface area contributed by atoms with Crippen LogP contribution in [-0.2, 0) is 9.53 Å². The van der Waals surface area contributed by atoms with Crippen LogP contribution in [0.1, 0.15) is 46.3 Å². The van der Waals surface area contributed by atoms with Crippen molar-refractivity contribution < 1.29 is 19.1 Å². The summed E-state index contributed by atoms with van der Waals surface area (Å²) in [4.78, 5) is 57.5. The predicted octanol–water partition coefficient (Wildman–Crippen LogP) is 1.85. The van der Waals surface area contributed by atoms with Gasteiger partial charge in [0.2, 0.25) is 0 Å². The third-order valence-electron chi connectivity index (χ3n) is 7.21. The lowest BCUT2D eigenvalue weighted by molar-refractivity contribution is -0.127. The van der Waals surface area contributed by atoms with Crippen molar-refractivity contribution in [2.75, 3.05) is 51.3 Å². The van der Waals surface area contributed by atoms with Gasteiger partial charge in [-0.1, -0.05) is 18.2 Å². The van der Waals surface area contributed by atoms with Gasteiger partial charge in [-0.25, -0.2) is 4.98 Å². The van der Waals surface area contributed by atoms with Crippen LogP contribution in [0, 0.1) is 0 Å². The summed E-state index contributed by atoms with van der Waals surface area (Å²) in [6.45, 7) is 7.20. The SMILES string of the molecule is CCN(CC)c1nc(C2C=c3[nH]cc(C(=O)C(=O)N4CCN(C(=O)c5ccccc5)CC4)c3=C(OC)C=N2)cs1. The number of ketones is 1. The van der Waals surface area contributed by atoms with Crippen molar-refractivity contribution in [1.82, 2.24) is 19.8 Å². The number of fused-ring (bicyclic) bond motifs is 1. The van der Waals surface area contributed by atoms with E-state index in [1.54, 1.807) is 40.8 Å². The highest BCUT2D eigenvalue weighted by Crippen LogP contribution is 2.27. The summed E-state index contributed by atoms with van der Waals surface area (Å²) in [5, 5.41) is 4.07. The molecule has 2 aromatic heterocycles. The summed E-state index contributed by atoms with van der Waals surface area (Å²) in [5.41, 5.74) is 1.63. The molecular weight excluding hydrogens is 528 g/mol. The lowest BCUT2D eigenvalue weighted by Gasteiger charge is -2.34. The second kappa shape index (κ2) is 11.9. The first kappa shape index (κ1) is 27.3. The van der Waals surface area contributed by atoms with Gasteiger partial charge in [0.1, 0.15) is 11.8 Å². The van der Waals surface area contributed by atoms with E-state index in [0.717, 1.165) is 23.9 Å². The Morgan fingerprint density at radius 3 is 2.45 bits per heavy atom. The van der Waals surface area contributed by atoms with E-state index in [1.165, 1.54) is 12.0 Å². The van der Waals surface area contributed by atoms with Crippen molar-refractivity contribution in [3.05, 3.63) is 69.3 Å². The molecular formula is C29H32N6O4S. The highest BCUT2D eigenvalue weighted by atomic mass is 32.1. The smallest absolute Gasteiger partial charge is 0.295 e. The third kappa shape index (κ3) is 5.29. The van der Waals surface area contributed by atoms with Gasteiger partial charge in [-0.3, -0.25) is 19.4 Å². The van der Waals surface area contributed by atoms with Gasteiger partial charge >= 0.3 is 0 Å². The molecule has 0 saturated carbocycles. The number of rotatable bonds is 8. The fourth-order valence-corrected chi connectivity index (χ4v) is 5.92. The van der Waals surface area contributed by atoms with E-state index in [9.17, 15) is 14.4 Å². The minimum Gasteiger partial charge on any atom is -0.494 e. The molecule has 1 unspecified atom stereocenters. The maximum Gasteiger partial charge on any atom is 0.295 e. The molecule has 1 atom stereocenters. The largest absolute Gasteiger partial charge is 0.494 e. The highest BCUT2D eigenvalue weighted by Gasteiger charge is 2.30. The first-order valence-electron chi connectivity index (χ1n) is 13.3. The van der Waals surface area contributed by atoms with E-state index in [-0.39, 0.29) is 30.6 Å². The van der Waals surface area contributed by atoms with Crippen molar-refractivity contribution in [3.63, 3.8) is 0 Å². The molecule has 0 radical (unpaired) electrons. The number of piperazine rings is 1. The van der Waals surface area contributed by atoms with Crippen LogP contribution in [0.2, 0.25) is 0 Å². The van der Waals surface area contributed by atoms with Crippen molar-refractivity contribution in [1.29, 1.82) is 0 Å². The number of carbonyl (C=O) groups excluding carboxylic acids is 3. The van der Waals surface area contributed by atoms with Crippen LogP contribution in [0.5, 0.6) is 0 Å². The number of thiazole rings is 1. The fourth-order valence-electron chi connectivity index (χ4n) is 4.93. The molecule has 1 saturated heterocycles. The van der Waals surface area contributed by atoms with Crippen molar-refractivity contribution in [2.45, 2.75) is 19.9 Å². The van der Waals surface area contributed by atoms with E-state index in [0.29, 0.717) is 35.0 Å². The van der Waals surface area contributed by atoms with Gasteiger partial charge in [0.15, 0.2) is 5.13 Å². The number of amides is 2. The van der Waals surface area contributed by atoms with Gasteiger partial charge in [0.05, 0.1) is 29.8 Å². The van der Waals surface area contributed by atoms with Gasteiger partial charge in [-0.15, -0.1) is 11.3 Å². The number of ether oxygens (including phenoxy) is 1. The standard InChI is InChI=1S/C29H32N6O4S/c1-4-33(5-2)29-32-23(18-40-29)21-15-22-25(24(39-3)17-31-21)20(16-30-22)26(36)28(38)35-13-11-34(12-14-35)27(37)19-9-7-6-8-10-19/h6-10,15-18,21,30H,4-5,11-14H2,1-3H3. The average Bonchev–Trinajstić information content (AvgIpc) is 3.61. The van der Waals surface area contributed by atoms with Gasteiger partial charge in [-0.2, -0.15) is 0 Å². The molecule has 2 aliphatic heterocycles. The number of Topliss-reactive ketones (excluding diaryl/α,β-unsaturated/α-hetero) is 1. The molecule has 5 rings (SSSR count). The van der Waals surface area contributed by atoms with E-state index >= 15 is 0 Å². The summed E-state index contributed by atoms with van der Waals surface area (Å²) in [6, 6.07) is 8.67. The molecule has 1 N–H and O–H groups in total. The molecule has 3 aromatic rings. The summed E-state index contributed by atoms with van der Waals surface area (Å²) < 4.78 is 5.60. The molecule has 2 amide bonds. The quantitative estimate of drug-likeness (QED) is 0.333. The molecule has 0 aliphatic carbocycles. The van der Waals surface area contributed by atoms with Crippen LogP contribution < -0.4 is 15.5 Å². The van der Waals surface area contributed by atoms with Crippen LogP contribution in [0.3, 0.4) is 0 Å². The normalized spacial score (nSPS) is 16.7. The summed E-state index contributed by atoms with van der Waals surface area (Å²) >= 11 is 1.57. The number of carbonyl (C=O) groups is 3. The summed E-state index contributed by atoms with van der Waals surface area (Å²) in [7, 11) is 1.51. The van der Waals surface area contributed by atoms with E-state index in [2.05, 4.69) is 28.7 Å². The van der Waals surface area contributed by atoms with Gasteiger partial charge < -0.3 is 24.4 Å². The summed E-state index contributed by atoms with van der Waals surface area (Å²) in [6.07, 6.45) is 5.04. The first-order valence-corrected chi connectivity index (χ1v) is 14.2. The van der Waals surface area contributed by atoms with E-state index in [4.69, 9.17) is 9.72 Å². The number of benzene rings is 1. The second-order valence-corrected chi connectivity index (χ2v) is 10.3. The second-order valence-electron chi connectivity index (χ2n) is 9.46. The average molecular weight is 561 g/mol. The number of aromatic amines is 1. The van der Waals surface area contributed by atoms with Crippen molar-refractivity contribution >= 4 is 52.1 Å². The molecule has 11 heteroatoms. The van der Waals surface area contributed by atoms with Crippen molar-refractivity contribution in [3.8, 4) is 0 Å². The minimum absolute atomic E-state index is 0.0805. The molecule has 1 aromatic carbocycles. The predicted molar refractivity (Wildman–Crippen MR) is 155 cm³/mol. The molecule has 1 fully saturated rings. The van der Waals surface area contributed by atoms with Crippen LogP contribution >= 0.6 is 11.3 Å². The number of hydrogen-bond donors (Lipinski definition) is 1. The Labute approximate surface area is 236 Å². The van der Waals surface area contributed by atoms with Crippen LogP contribution in [0.25, 0.3) is 11.8 Å². The fraction of sp³-hybridized carbons (Fsp3) is 0.345. The number of nitrogens with one attached hydrogen (secondary N) is 1. The van der Waals surface area contributed by atoms with Crippen molar-refractivity contribution in [2.24, 2.45) is 4.99 Å². The topological polar surface area (TPSA) is 111 Å². The summed E-state index contributed by atoms with van der Waals surface area (Å²) in [5.74, 6) is -0.926. The van der Waals surface area contributed by atoms with Crippen LogP contribution in [-0.4, -0.2) is 90.0 Å². The van der Waals surface area contributed by atoms with Gasteiger partial charge in [0.25, 0.3) is 17.6 Å². The maximum atomic E-state index is 13.4. The van der Waals surface area contributed by atoms with E-state index in [1.807, 2.05) is 29.7 Å². The third-order valence-corrected chi connectivity index (χ3v) is 8.13. The Morgan fingerprint density at radius 2 is 1.77 bits per heavy atom. The van der Waals surface area contributed by atoms with E-state index < -0.39 is 11.7 Å². The molecule has 10 nitrogen and oxygen atoms in total. The zero-order valence-electron chi connectivity index (χ0n) is 22.8. The van der Waals surface area contributed by atoms with Crippen LogP contribution in [0.15, 0.2) is 46.9 Å². The van der Waals surface area contributed by atoms with Gasteiger partial charge in [-0.05, 0) is 32.1 Å². The molecule has 0 spiro atoms. The Balaban J connectivity index is 1.35. The number of anilines is 1. The number of nitrogens with zero attached hydrogens (tertiary/aromatic N) is 5. The van der Waals surface area contributed by atoms with Gasteiger partial charge in [0, 0.05) is 61.8 Å². The number of aliphatic imine (C=N–C) groups is 1. The Morgan fingerprint density at radius 1 is 1.07 bits per heavy atom. The molecule has 2 aliphatic rings. The number of aromatic nitrogens is 2. The number of hydrogen-bond acceptors (Lipinski definition) is 8. The molecule has 40 heavy (non-hydrogen) atoms. The minimum atomic E-state index is -0.632. The lowest BCUT2D eigenvalue weighted by Crippen LogP contribution is -2.52. The zero-order valence-corrected chi connectivity index (χ0v) is 23.6. The number of H-pyrrole nitrogens is 1.